The fourth-order valence-corrected chi connectivity index (χ4v) is 1.36. The minimum Gasteiger partial charge on any atom is -0.396 e. The fraction of sp³-hybridized carbons (Fsp3) is 0.400. The van der Waals surface area contributed by atoms with Gasteiger partial charge in [-0.25, -0.2) is 4.98 Å². The molecule has 1 heterocycles. The first-order valence-electron chi connectivity index (χ1n) is 4.72. The maximum atomic E-state index is 9.78. The molecule has 6 nitrogen and oxygen atoms in total. The van der Waals surface area contributed by atoms with E-state index in [-0.39, 0.29) is 17.9 Å². The van der Waals surface area contributed by atoms with Crippen LogP contribution in [-0.2, 0) is 0 Å². The third-order valence-corrected chi connectivity index (χ3v) is 2.44. The van der Waals surface area contributed by atoms with Crippen LogP contribution in [-0.4, -0.2) is 21.3 Å². The molecule has 1 aromatic rings. The van der Waals surface area contributed by atoms with Gasteiger partial charge in [0.1, 0.15) is 11.9 Å². The zero-order valence-electron chi connectivity index (χ0n) is 8.88. The topological polar surface area (TPSA) is 129 Å². The van der Waals surface area contributed by atoms with Crippen molar-refractivity contribution in [1.29, 1.82) is 5.26 Å². The van der Waals surface area contributed by atoms with Crippen LogP contribution in [0.1, 0.15) is 23.7 Å². The number of nitrogens with two attached hydrogens (primary N) is 2. The Labute approximate surface area is 93.1 Å². The molecule has 0 amide bonds. The highest BCUT2D eigenvalue weighted by molar-refractivity contribution is 5.64. The van der Waals surface area contributed by atoms with Crippen molar-refractivity contribution in [3.05, 3.63) is 17.3 Å². The molecule has 0 aliphatic carbocycles. The van der Waals surface area contributed by atoms with E-state index >= 15 is 0 Å². The van der Waals surface area contributed by atoms with Crippen LogP contribution in [0.15, 0.2) is 6.20 Å². The Hall–Kier alpha value is -1.84. The number of nitrogen functional groups attached to an aromatic ring is 2. The first-order valence-corrected chi connectivity index (χ1v) is 4.72. The first kappa shape index (κ1) is 12.2. The van der Waals surface area contributed by atoms with Crippen LogP contribution in [0, 0.1) is 18.3 Å². The molecule has 1 aromatic heterocycles. The lowest BCUT2D eigenvalue weighted by molar-refractivity contribution is 0.0211. The van der Waals surface area contributed by atoms with Gasteiger partial charge in [-0.2, -0.15) is 5.26 Å². The molecule has 16 heavy (non-hydrogen) atoms. The molecule has 0 saturated carbocycles. The number of nitrogens with zero attached hydrogens (tertiary/aromatic N) is 2. The molecular weight excluding hydrogens is 208 g/mol. The summed E-state index contributed by atoms with van der Waals surface area (Å²) in [5.41, 5.74) is 12.4. The summed E-state index contributed by atoms with van der Waals surface area (Å²) in [4.78, 5) is 3.80. The smallest absolute Gasteiger partial charge is 0.146 e. The standard InChI is InChI=1S/C10H14N4O2/c1-5-6(4-14-10(13)8(5)12)9(16)7(15)2-3-11/h4,7,9,15-16H,2,12H2,1H3,(H2,13,14). The average Bonchev–Trinajstić information content (AvgIpc) is 2.26. The Morgan fingerprint density at radius 1 is 1.50 bits per heavy atom. The number of hydrogen-bond acceptors (Lipinski definition) is 6. The predicted molar refractivity (Wildman–Crippen MR) is 59.0 cm³/mol. The largest absolute Gasteiger partial charge is 0.396 e. The molecule has 0 spiro atoms. The van der Waals surface area contributed by atoms with E-state index in [4.69, 9.17) is 16.7 Å². The molecule has 6 heteroatoms. The summed E-state index contributed by atoms with van der Waals surface area (Å²) in [5.74, 6) is 0.184. The van der Waals surface area contributed by atoms with Gasteiger partial charge in [0.2, 0.25) is 0 Å². The third kappa shape index (κ3) is 2.21. The zero-order chi connectivity index (χ0) is 12.3. The Balaban J connectivity index is 3.06. The van der Waals surface area contributed by atoms with E-state index < -0.39 is 12.2 Å². The van der Waals surface area contributed by atoms with E-state index in [1.807, 2.05) is 0 Å². The van der Waals surface area contributed by atoms with E-state index in [9.17, 15) is 10.2 Å². The van der Waals surface area contributed by atoms with Gasteiger partial charge in [-0.3, -0.25) is 0 Å². The van der Waals surface area contributed by atoms with Gasteiger partial charge in [0.25, 0.3) is 0 Å². The van der Waals surface area contributed by atoms with Crippen molar-refractivity contribution in [2.75, 3.05) is 11.5 Å². The van der Waals surface area contributed by atoms with Gasteiger partial charge < -0.3 is 21.7 Å². The van der Waals surface area contributed by atoms with E-state index in [2.05, 4.69) is 4.98 Å². The molecule has 2 atom stereocenters. The Bertz CT molecular complexity index is 428. The number of rotatable bonds is 3. The first-order chi connectivity index (χ1) is 7.49. The number of aliphatic hydroxyl groups is 2. The summed E-state index contributed by atoms with van der Waals surface area (Å²) in [7, 11) is 0. The van der Waals surface area contributed by atoms with Gasteiger partial charge in [0.05, 0.1) is 24.3 Å². The van der Waals surface area contributed by atoms with Crippen molar-refractivity contribution in [2.24, 2.45) is 0 Å². The number of aliphatic hydroxyl groups excluding tert-OH is 2. The fourth-order valence-electron chi connectivity index (χ4n) is 1.36. The van der Waals surface area contributed by atoms with Crippen molar-refractivity contribution < 1.29 is 10.2 Å². The van der Waals surface area contributed by atoms with Gasteiger partial charge in [-0.1, -0.05) is 0 Å². The van der Waals surface area contributed by atoms with Crippen molar-refractivity contribution in [1.82, 2.24) is 4.98 Å². The number of aromatic nitrogens is 1. The molecular formula is C10H14N4O2. The van der Waals surface area contributed by atoms with Crippen molar-refractivity contribution in [3.63, 3.8) is 0 Å². The second-order valence-corrected chi connectivity index (χ2v) is 3.51. The van der Waals surface area contributed by atoms with E-state index in [1.54, 1.807) is 13.0 Å². The van der Waals surface area contributed by atoms with Crippen molar-refractivity contribution >= 4 is 11.5 Å². The normalized spacial score (nSPS) is 14.1. The van der Waals surface area contributed by atoms with Crippen LogP contribution in [0.2, 0.25) is 0 Å². The van der Waals surface area contributed by atoms with Crippen molar-refractivity contribution in [2.45, 2.75) is 25.6 Å². The molecule has 0 aliphatic rings. The SMILES string of the molecule is Cc1c(C(O)C(O)CC#N)cnc(N)c1N. The molecule has 0 fully saturated rings. The highest BCUT2D eigenvalue weighted by atomic mass is 16.3. The molecule has 2 unspecified atom stereocenters. The van der Waals surface area contributed by atoms with Crippen LogP contribution in [0.4, 0.5) is 11.5 Å². The van der Waals surface area contributed by atoms with Gasteiger partial charge in [0.15, 0.2) is 0 Å². The summed E-state index contributed by atoms with van der Waals surface area (Å²) in [6.45, 7) is 1.67. The minimum absolute atomic E-state index is 0.162. The monoisotopic (exact) mass is 222 g/mol. The van der Waals surface area contributed by atoms with Crippen LogP contribution < -0.4 is 11.5 Å². The van der Waals surface area contributed by atoms with Crippen LogP contribution in [0.25, 0.3) is 0 Å². The number of pyridine rings is 1. The molecule has 1 rings (SSSR count). The highest BCUT2D eigenvalue weighted by Gasteiger charge is 2.21. The average molecular weight is 222 g/mol. The summed E-state index contributed by atoms with van der Waals surface area (Å²) in [6, 6.07) is 1.78. The summed E-state index contributed by atoms with van der Waals surface area (Å²) in [6.07, 6.45) is -1.15. The Morgan fingerprint density at radius 2 is 2.12 bits per heavy atom. The van der Waals surface area contributed by atoms with Crippen LogP contribution >= 0.6 is 0 Å². The second kappa shape index (κ2) is 4.79. The maximum absolute atomic E-state index is 9.78. The molecule has 0 bridgehead atoms. The minimum atomic E-state index is -1.19. The van der Waals surface area contributed by atoms with Gasteiger partial charge >= 0.3 is 0 Å². The predicted octanol–water partition coefficient (Wildman–Crippen LogP) is -0.138. The molecule has 0 aliphatic heterocycles. The second-order valence-electron chi connectivity index (χ2n) is 3.51. The van der Waals surface area contributed by atoms with Crippen LogP contribution in [0.3, 0.4) is 0 Å². The lowest BCUT2D eigenvalue weighted by Crippen LogP contribution is -2.19. The lowest BCUT2D eigenvalue weighted by Gasteiger charge is -2.18. The molecule has 86 valence electrons. The zero-order valence-corrected chi connectivity index (χ0v) is 8.88. The van der Waals surface area contributed by atoms with Gasteiger partial charge in [-0.15, -0.1) is 0 Å². The summed E-state index contributed by atoms with van der Waals surface area (Å²) in [5, 5.41) is 27.7. The summed E-state index contributed by atoms with van der Waals surface area (Å²) >= 11 is 0. The van der Waals surface area contributed by atoms with Gasteiger partial charge in [0, 0.05) is 11.8 Å². The number of anilines is 2. The highest BCUT2D eigenvalue weighted by Crippen LogP contribution is 2.27. The van der Waals surface area contributed by atoms with Crippen LogP contribution in [0.5, 0.6) is 0 Å². The molecule has 0 aromatic carbocycles. The van der Waals surface area contributed by atoms with E-state index in [1.165, 1.54) is 6.20 Å². The quantitative estimate of drug-likeness (QED) is 0.563. The maximum Gasteiger partial charge on any atom is 0.146 e. The van der Waals surface area contributed by atoms with E-state index in [0.29, 0.717) is 11.1 Å². The van der Waals surface area contributed by atoms with Gasteiger partial charge in [-0.05, 0) is 12.5 Å². The molecule has 0 saturated heterocycles. The number of nitriles is 1. The number of hydrogen-bond donors (Lipinski definition) is 4. The third-order valence-electron chi connectivity index (χ3n) is 2.44. The summed E-state index contributed by atoms with van der Waals surface area (Å²) < 4.78 is 0. The Morgan fingerprint density at radius 3 is 2.69 bits per heavy atom. The van der Waals surface area contributed by atoms with E-state index in [0.717, 1.165) is 0 Å². The Kier molecular flexibility index (Phi) is 3.66. The molecule has 6 N–H and O–H groups in total. The lowest BCUT2D eigenvalue weighted by atomic mass is 9.99. The van der Waals surface area contributed by atoms with Crippen molar-refractivity contribution in [3.8, 4) is 6.07 Å². The molecule has 0 radical (unpaired) electrons.